The molecule has 0 bridgehead atoms. The molecule has 12 heavy (non-hydrogen) atoms. The van der Waals surface area contributed by atoms with Crippen LogP contribution < -0.4 is 0 Å². The number of nitrogens with zero attached hydrogens (tertiary/aromatic N) is 1. The van der Waals surface area contributed by atoms with Crippen LogP contribution in [-0.4, -0.2) is 4.98 Å². The summed E-state index contributed by atoms with van der Waals surface area (Å²) in [5.74, 6) is 0.818. The summed E-state index contributed by atoms with van der Waals surface area (Å²) in [6, 6.07) is 2.13. The van der Waals surface area contributed by atoms with Gasteiger partial charge in [0.25, 0.3) is 0 Å². The molecule has 0 amide bonds. The van der Waals surface area contributed by atoms with Gasteiger partial charge in [0, 0.05) is 11.9 Å². The van der Waals surface area contributed by atoms with E-state index in [0.29, 0.717) is 0 Å². The van der Waals surface area contributed by atoms with Gasteiger partial charge in [0.1, 0.15) is 0 Å². The summed E-state index contributed by atoms with van der Waals surface area (Å²) >= 11 is 0. The summed E-state index contributed by atoms with van der Waals surface area (Å²) in [6.45, 7) is 4.32. The van der Waals surface area contributed by atoms with E-state index in [1.165, 1.54) is 36.1 Å². The van der Waals surface area contributed by atoms with E-state index in [1.54, 1.807) is 0 Å². The minimum atomic E-state index is 0.818. The molecular weight excluding hydrogens is 146 g/mol. The van der Waals surface area contributed by atoms with E-state index in [1.807, 2.05) is 6.20 Å². The first-order valence-corrected chi connectivity index (χ1v) is 4.71. The van der Waals surface area contributed by atoms with Crippen molar-refractivity contribution in [1.82, 2.24) is 4.98 Å². The van der Waals surface area contributed by atoms with Crippen LogP contribution in [0.2, 0.25) is 0 Å². The molecule has 0 spiro atoms. The van der Waals surface area contributed by atoms with Crippen LogP contribution in [0.1, 0.15) is 42.0 Å². The maximum absolute atomic E-state index is 4.34. The van der Waals surface area contributed by atoms with E-state index in [-0.39, 0.29) is 0 Å². The normalized spacial score (nSPS) is 17.5. The van der Waals surface area contributed by atoms with Crippen molar-refractivity contribution >= 4 is 0 Å². The first-order valence-electron chi connectivity index (χ1n) is 4.71. The minimum absolute atomic E-state index is 0.818. The minimum Gasteiger partial charge on any atom is -0.261 e. The highest BCUT2D eigenvalue weighted by Crippen LogP contribution is 2.38. The maximum Gasteiger partial charge on any atom is 0.0410 e. The molecule has 1 nitrogen and oxygen atoms in total. The number of hydrogen-bond donors (Lipinski definition) is 0. The second-order valence-corrected chi connectivity index (χ2v) is 3.75. The highest BCUT2D eigenvalue weighted by molar-refractivity contribution is 5.32. The van der Waals surface area contributed by atoms with Gasteiger partial charge < -0.3 is 0 Å². The Morgan fingerprint density at radius 2 is 2.08 bits per heavy atom. The smallest absolute Gasteiger partial charge is 0.0410 e. The molecule has 1 heteroatoms. The molecule has 64 valence electrons. The average molecular weight is 161 g/mol. The van der Waals surface area contributed by atoms with E-state index >= 15 is 0 Å². The molecule has 0 saturated heterocycles. The van der Waals surface area contributed by atoms with Crippen molar-refractivity contribution in [3.05, 3.63) is 29.1 Å². The molecule has 1 aromatic rings. The Morgan fingerprint density at radius 3 is 2.58 bits per heavy atom. The topological polar surface area (TPSA) is 12.9 Å². The number of rotatable bonds is 1. The van der Waals surface area contributed by atoms with Gasteiger partial charge in [-0.2, -0.15) is 0 Å². The van der Waals surface area contributed by atoms with Gasteiger partial charge in [-0.15, -0.1) is 0 Å². The zero-order valence-electron chi connectivity index (χ0n) is 7.80. The van der Waals surface area contributed by atoms with Crippen LogP contribution in [0.3, 0.4) is 0 Å². The molecule has 1 aromatic heterocycles. The summed E-state index contributed by atoms with van der Waals surface area (Å²) in [5, 5.41) is 0. The van der Waals surface area contributed by atoms with Gasteiger partial charge in [-0.3, -0.25) is 4.98 Å². The Bertz CT molecular complexity index is 267. The quantitative estimate of drug-likeness (QED) is 0.617. The van der Waals surface area contributed by atoms with Crippen LogP contribution in [0, 0.1) is 13.8 Å². The summed E-state index contributed by atoms with van der Waals surface area (Å²) < 4.78 is 0. The highest BCUT2D eigenvalue weighted by Gasteiger charge is 2.22. The van der Waals surface area contributed by atoms with Crippen LogP contribution in [-0.2, 0) is 0 Å². The van der Waals surface area contributed by atoms with Gasteiger partial charge in [-0.1, -0.05) is 6.42 Å². The third-order valence-electron chi connectivity index (χ3n) is 2.92. The fraction of sp³-hybridized carbons (Fsp3) is 0.545. The average Bonchev–Trinajstić information content (AvgIpc) is 1.93. The van der Waals surface area contributed by atoms with Crippen molar-refractivity contribution in [2.75, 3.05) is 0 Å². The zero-order valence-corrected chi connectivity index (χ0v) is 7.80. The second kappa shape index (κ2) is 2.89. The zero-order chi connectivity index (χ0) is 8.55. The van der Waals surface area contributed by atoms with Gasteiger partial charge in [-0.25, -0.2) is 0 Å². The van der Waals surface area contributed by atoms with Crippen molar-refractivity contribution in [1.29, 1.82) is 0 Å². The van der Waals surface area contributed by atoms with Gasteiger partial charge in [0.2, 0.25) is 0 Å². The van der Waals surface area contributed by atoms with Crippen LogP contribution in [0.4, 0.5) is 0 Å². The lowest BCUT2D eigenvalue weighted by Gasteiger charge is -2.28. The Labute approximate surface area is 73.8 Å². The Morgan fingerprint density at radius 1 is 1.33 bits per heavy atom. The predicted octanol–water partition coefficient (Wildman–Crippen LogP) is 2.97. The van der Waals surface area contributed by atoms with E-state index in [0.717, 1.165) is 5.92 Å². The third-order valence-corrected chi connectivity index (χ3v) is 2.92. The summed E-state index contributed by atoms with van der Waals surface area (Å²) in [4.78, 5) is 4.34. The molecule has 0 aromatic carbocycles. The maximum atomic E-state index is 4.34. The third kappa shape index (κ3) is 1.13. The molecule has 2 rings (SSSR count). The van der Waals surface area contributed by atoms with E-state index in [4.69, 9.17) is 0 Å². The Hall–Kier alpha value is -0.850. The predicted molar refractivity (Wildman–Crippen MR) is 50.3 cm³/mol. The lowest BCUT2D eigenvalue weighted by molar-refractivity contribution is 0.415. The Balaban J connectivity index is 2.39. The molecule has 1 aliphatic rings. The number of pyridine rings is 1. The molecule has 1 fully saturated rings. The molecule has 0 N–H and O–H groups in total. The summed E-state index contributed by atoms with van der Waals surface area (Å²) in [6.07, 6.45) is 6.05. The number of hydrogen-bond acceptors (Lipinski definition) is 1. The monoisotopic (exact) mass is 161 g/mol. The fourth-order valence-electron chi connectivity index (χ4n) is 2.02. The van der Waals surface area contributed by atoms with E-state index in [2.05, 4.69) is 24.9 Å². The summed E-state index contributed by atoms with van der Waals surface area (Å²) in [7, 11) is 0. The van der Waals surface area contributed by atoms with Crippen LogP contribution >= 0.6 is 0 Å². The standard InChI is InChI=1S/C11H15N/c1-8-6-7-12-9(2)11(8)10-4-3-5-10/h6-7,10H,3-5H2,1-2H3. The SMILES string of the molecule is Cc1ccnc(C)c1C1CCC1. The first-order chi connectivity index (χ1) is 5.79. The van der Waals surface area contributed by atoms with Crippen LogP contribution in [0.15, 0.2) is 12.3 Å². The van der Waals surface area contributed by atoms with Crippen LogP contribution in [0.5, 0.6) is 0 Å². The van der Waals surface area contributed by atoms with Crippen LogP contribution in [0.25, 0.3) is 0 Å². The Kier molecular flexibility index (Phi) is 1.87. The van der Waals surface area contributed by atoms with E-state index in [9.17, 15) is 0 Å². The van der Waals surface area contributed by atoms with Gasteiger partial charge >= 0.3 is 0 Å². The first kappa shape index (κ1) is 7.78. The molecule has 0 aliphatic heterocycles. The molecule has 0 atom stereocenters. The van der Waals surface area contributed by atoms with Gasteiger partial charge in [-0.05, 0) is 49.8 Å². The molecule has 1 saturated carbocycles. The second-order valence-electron chi connectivity index (χ2n) is 3.75. The fourth-order valence-corrected chi connectivity index (χ4v) is 2.02. The highest BCUT2D eigenvalue weighted by atomic mass is 14.7. The largest absolute Gasteiger partial charge is 0.261 e. The van der Waals surface area contributed by atoms with Crippen molar-refractivity contribution in [2.24, 2.45) is 0 Å². The number of aryl methyl sites for hydroxylation is 2. The van der Waals surface area contributed by atoms with Crippen molar-refractivity contribution < 1.29 is 0 Å². The molecule has 1 heterocycles. The summed E-state index contributed by atoms with van der Waals surface area (Å²) in [5.41, 5.74) is 4.18. The lowest BCUT2D eigenvalue weighted by atomic mass is 9.78. The molecular formula is C11H15N. The molecule has 1 aliphatic carbocycles. The van der Waals surface area contributed by atoms with Crippen molar-refractivity contribution in [2.45, 2.75) is 39.0 Å². The lowest BCUT2D eigenvalue weighted by Crippen LogP contribution is -2.12. The molecule has 0 unspecified atom stereocenters. The number of aromatic nitrogens is 1. The van der Waals surface area contributed by atoms with Crippen molar-refractivity contribution in [3.8, 4) is 0 Å². The van der Waals surface area contributed by atoms with Crippen molar-refractivity contribution in [3.63, 3.8) is 0 Å². The molecule has 0 radical (unpaired) electrons. The van der Waals surface area contributed by atoms with Gasteiger partial charge in [0.05, 0.1) is 0 Å². The van der Waals surface area contributed by atoms with E-state index < -0.39 is 0 Å². The van der Waals surface area contributed by atoms with Gasteiger partial charge in [0.15, 0.2) is 0 Å².